The van der Waals surface area contributed by atoms with Crippen LogP contribution in [0.5, 0.6) is 0 Å². The molecule has 1 saturated heterocycles. The van der Waals surface area contributed by atoms with Gasteiger partial charge in [0.05, 0.1) is 10.4 Å². The Bertz CT molecular complexity index is 321. The Labute approximate surface area is 95.2 Å². The number of hydrogen-bond donors (Lipinski definition) is 0. The Balaban J connectivity index is 0.000000750. The predicted octanol–water partition coefficient (Wildman–Crippen LogP) is 3.22. The van der Waals surface area contributed by atoms with E-state index in [1.54, 1.807) is 0 Å². The maximum Gasteiger partial charge on any atom is 0.0646 e. The molecule has 1 spiro atoms. The molecule has 0 bridgehead atoms. The molecule has 2 aliphatic heterocycles. The van der Waals surface area contributed by atoms with Crippen molar-refractivity contribution in [2.75, 3.05) is 5.75 Å². The van der Waals surface area contributed by atoms with Gasteiger partial charge in [0.25, 0.3) is 0 Å². The van der Waals surface area contributed by atoms with Crippen molar-refractivity contribution in [2.45, 2.75) is 24.0 Å². The van der Waals surface area contributed by atoms with Crippen LogP contribution >= 0.6 is 24.2 Å². The van der Waals surface area contributed by atoms with E-state index in [1.165, 1.54) is 30.7 Å². The first-order chi connectivity index (χ1) is 6.42. The molecule has 14 heavy (non-hydrogen) atoms. The van der Waals surface area contributed by atoms with Crippen molar-refractivity contribution in [1.29, 1.82) is 0 Å². The molecule has 0 radical (unpaired) electrons. The summed E-state index contributed by atoms with van der Waals surface area (Å²) in [6.45, 7) is 0. The van der Waals surface area contributed by atoms with Crippen molar-refractivity contribution >= 4 is 30.4 Å². The average Bonchev–Trinajstić information content (AvgIpc) is 2.58. The molecule has 3 rings (SSSR count). The van der Waals surface area contributed by atoms with Gasteiger partial charge in [0, 0.05) is 6.21 Å². The minimum Gasteiger partial charge on any atom is -0.264 e. The van der Waals surface area contributed by atoms with Crippen LogP contribution < -0.4 is 0 Å². The van der Waals surface area contributed by atoms with Crippen LogP contribution in [-0.4, -0.2) is 16.7 Å². The first-order valence-electron chi connectivity index (χ1n) is 4.96. The van der Waals surface area contributed by atoms with Gasteiger partial charge in [0.15, 0.2) is 0 Å². The summed E-state index contributed by atoms with van der Waals surface area (Å²) in [5.41, 5.74) is 1.33. The Morgan fingerprint density at radius 2 is 2.43 bits per heavy atom. The van der Waals surface area contributed by atoms with Crippen molar-refractivity contribution in [3.63, 3.8) is 0 Å². The third-order valence-corrected chi connectivity index (χ3v) is 5.01. The molecule has 3 heteroatoms. The summed E-state index contributed by atoms with van der Waals surface area (Å²) in [4.78, 5) is 4.55. The molecule has 2 atom stereocenters. The fourth-order valence-electron chi connectivity index (χ4n) is 2.63. The highest BCUT2D eigenvalue weighted by Gasteiger charge is 2.47. The van der Waals surface area contributed by atoms with Crippen LogP contribution in [0.15, 0.2) is 28.9 Å². The summed E-state index contributed by atoms with van der Waals surface area (Å²) in [5.74, 6) is 2.17. The lowest BCUT2D eigenvalue weighted by atomic mass is 9.79. The van der Waals surface area contributed by atoms with Gasteiger partial charge in [-0.15, -0.1) is 24.2 Å². The minimum absolute atomic E-state index is 0. The molecule has 2 unspecified atom stereocenters. The van der Waals surface area contributed by atoms with Crippen LogP contribution in [0.4, 0.5) is 0 Å². The summed E-state index contributed by atoms with van der Waals surface area (Å²) in [6, 6.07) is 0. The summed E-state index contributed by atoms with van der Waals surface area (Å²) >= 11 is 2.12. The topological polar surface area (TPSA) is 12.4 Å². The normalized spacial score (nSPS) is 38.3. The minimum atomic E-state index is 0. The molecule has 1 fully saturated rings. The van der Waals surface area contributed by atoms with Gasteiger partial charge in [-0.2, -0.15) is 0 Å². The van der Waals surface area contributed by atoms with E-state index in [0.717, 1.165) is 5.92 Å². The number of rotatable bonds is 0. The van der Waals surface area contributed by atoms with E-state index >= 15 is 0 Å². The lowest BCUT2D eigenvalue weighted by molar-refractivity contribution is 0.431. The molecule has 1 aliphatic carbocycles. The fraction of sp³-hybridized carbons (Fsp3) is 0.545. The lowest BCUT2D eigenvalue weighted by Crippen LogP contribution is -2.35. The second-order valence-electron chi connectivity index (χ2n) is 3.96. The van der Waals surface area contributed by atoms with Crippen LogP contribution in [0.2, 0.25) is 0 Å². The molecule has 3 aliphatic rings. The molecule has 2 heterocycles. The molecular weight excluding hydrogens is 214 g/mol. The van der Waals surface area contributed by atoms with E-state index in [-0.39, 0.29) is 12.4 Å². The van der Waals surface area contributed by atoms with E-state index in [4.69, 9.17) is 0 Å². The SMILES string of the molecule is C1=CCC23SCCC2CC=NC3=C1.Cl. The number of aliphatic imine (C=N–C) groups is 1. The zero-order valence-corrected chi connectivity index (χ0v) is 9.61. The molecule has 0 aromatic rings. The first-order valence-corrected chi connectivity index (χ1v) is 5.94. The van der Waals surface area contributed by atoms with Gasteiger partial charge < -0.3 is 0 Å². The molecular formula is C11H14ClNS. The second kappa shape index (κ2) is 3.74. The number of nitrogens with zero attached hydrogens (tertiary/aromatic N) is 1. The van der Waals surface area contributed by atoms with Crippen LogP contribution in [0.1, 0.15) is 19.3 Å². The molecule has 0 N–H and O–H groups in total. The monoisotopic (exact) mass is 227 g/mol. The second-order valence-corrected chi connectivity index (χ2v) is 5.38. The Kier molecular flexibility index (Phi) is 2.76. The zero-order chi connectivity index (χ0) is 8.73. The maximum atomic E-state index is 4.55. The summed E-state index contributed by atoms with van der Waals surface area (Å²) in [6.07, 6.45) is 12.5. The van der Waals surface area contributed by atoms with Crippen LogP contribution in [-0.2, 0) is 0 Å². The van der Waals surface area contributed by atoms with E-state index in [2.05, 4.69) is 41.2 Å². The fourth-order valence-corrected chi connectivity index (χ4v) is 4.33. The van der Waals surface area contributed by atoms with Crippen molar-refractivity contribution < 1.29 is 0 Å². The van der Waals surface area contributed by atoms with Crippen LogP contribution in [0, 0.1) is 5.92 Å². The molecule has 1 nitrogen and oxygen atoms in total. The van der Waals surface area contributed by atoms with Crippen molar-refractivity contribution in [3.05, 3.63) is 23.9 Å². The number of hydrogen-bond acceptors (Lipinski definition) is 2. The van der Waals surface area contributed by atoms with Crippen molar-refractivity contribution in [1.82, 2.24) is 0 Å². The summed E-state index contributed by atoms with van der Waals surface area (Å²) < 4.78 is 0.378. The van der Waals surface area contributed by atoms with Gasteiger partial charge in [-0.05, 0) is 37.0 Å². The Morgan fingerprint density at radius 3 is 3.36 bits per heavy atom. The molecule has 0 aromatic carbocycles. The van der Waals surface area contributed by atoms with Gasteiger partial charge in [-0.1, -0.05) is 12.2 Å². The smallest absolute Gasteiger partial charge is 0.0646 e. The van der Waals surface area contributed by atoms with Crippen molar-refractivity contribution in [3.8, 4) is 0 Å². The third kappa shape index (κ3) is 1.28. The standard InChI is InChI=1S/C11H13NS.ClH/c1-2-6-11-9(5-8-13-11)4-7-12-10(11)3-1;/h1-3,7,9H,4-6,8H2;1H. The quantitative estimate of drug-likeness (QED) is 0.619. The van der Waals surface area contributed by atoms with Gasteiger partial charge in [-0.3, -0.25) is 4.99 Å². The Morgan fingerprint density at radius 1 is 1.50 bits per heavy atom. The van der Waals surface area contributed by atoms with Crippen LogP contribution in [0.25, 0.3) is 0 Å². The first kappa shape index (κ1) is 10.3. The predicted molar refractivity (Wildman–Crippen MR) is 65.5 cm³/mol. The van der Waals surface area contributed by atoms with Gasteiger partial charge >= 0.3 is 0 Å². The van der Waals surface area contributed by atoms with Gasteiger partial charge in [0.2, 0.25) is 0 Å². The summed E-state index contributed by atoms with van der Waals surface area (Å²) in [7, 11) is 0. The number of allylic oxidation sites excluding steroid dienone is 3. The third-order valence-electron chi connectivity index (χ3n) is 3.35. The maximum absolute atomic E-state index is 4.55. The van der Waals surface area contributed by atoms with Gasteiger partial charge in [-0.25, -0.2) is 0 Å². The van der Waals surface area contributed by atoms with Crippen LogP contribution in [0.3, 0.4) is 0 Å². The molecule has 0 aromatic heterocycles. The summed E-state index contributed by atoms with van der Waals surface area (Å²) in [5, 5.41) is 0. The van der Waals surface area contributed by atoms with Gasteiger partial charge in [0.1, 0.15) is 0 Å². The average molecular weight is 228 g/mol. The molecule has 0 amide bonds. The lowest BCUT2D eigenvalue weighted by Gasteiger charge is -2.37. The number of thioether (sulfide) groups is 1. The van der Waals surface area contributed by atoms with Crippen molar-refractivity contribution in [2.24, 2.45) is 10.9 Å². The highest BCUT2D eigenvalue weighted by Crippen LogP contribution is 2.54. The molecule has 0 saturated carbocycles. The highest BCUT2D eigenvalue weighted by molar-refractivity contribution is 8.01. The highest BCUT2D eigenvalue weighted by atomic mass is 35.5. The number of halogens is 1. The van der Waals surface area contributed by atoms with E-state index in [9.17, 15) is 0 Å². The largest absolute Gasteiger partial charge is 0.264 e. The molecule has 76 valence electrons. The van der Waals surface area contributed by atoms with E-state index in [0.29, 0.717) is 4.75 Å². The zero-order valence-electron chi connectivity index (χ0n) is 7.98. The Hall–Kier alpha value is -0.210. The van der Waals surface area contributed by atoms with E-state index < -0.39 is 0 Å². The van der Waals surface area contributed by atoms with E-state index in [1.807, 2.05) is 0 Å².